The van der Waals surface area contributed by atoms with E-state index in [4.69, 9.17) is 4.74 Å². The number of methoxy groups -OCH3 is 1. The molecule has 0 aliphatic carbocycles. The van der Waals surface area contributed by atoms with Gasteiger partial charge in [0, 0.05) is 23.7 Å². The molecule has 8 nitrogen and oxygen atoms in total. The van der Waals surface area contributed by atoms with Gasteiger partial charge in [-0.3, -0.25) is 14.3 Å². The highest BCUT2D eigenvalue weighted by Gasteiger charge is 2.17. The summed E-state index contributed by atoms with van der Waals surface area (Å²) < 4.78 is 20.5. The van der Waals surface area contributed by atoms with E-state index in [1.807, 2.05) is 6.92 Å². The monoisotopic (exact) mass is 447 g/mol. The lowest BCUT2D eigenvalue weighted by Gasteiger charge is -2.13. The predicted octanol–water partition coefficient (Wildman–Crippen LogP) is 4.24. The van der Waals surface area contributed by atoms with Crippen molar-refractivity contribution in [1.29, 1.82) is 0 Å². The highest BCUT2D eigenvalue weighted by atomic mass is 19.1. The summed E-state index contributed by atoms with van der Waals surface area (Å²) >= 11 is 0. The highest BCUT2D eigenvalue weighted by molar-refractivity contribution is 6.08. The van der Waals surface area contributed by atoms with Crippen LogP contribution in [-0.4, -0.2) is 33.7 Å². The first-order chi connectivity index (χ1) is 15.8. The largest absolute Gasteiger partial charge is 0.495 e. The van der Waals surface area contributed by atoms with E-state index in [2.05, 4.69) is 20.7 Å². The van der Waals surface area contributed by atoms with Gasteiger partial charge in [0.15, 0.2) is 5.65 Å². The summed E-state index contributed by atoms with van der Waals surface area (Å²) in [6, 6.07) is 12.0. The van der Waals surface area contributed by atoms with Crippen molar-refractivity contribution in [2.75, 3.05) is 17.7 Å². The molecule has 0 saturated carbocycles. The van der Waals surface area contributed by atoms with E-state index in [9.17, 15) is 14.0 Å². The molecule has 4 aromatic rings. The van der Waals surface area contributed by atoms with Gasteiger partial charge >= 0.3 is 0 Å². The molecule has 9 heteroatoms. The Morgan fingerprint density at radius 2 is 1.79 bits per heavy atom. The van der Waals surface area contributed by atoms with E-state index < -0.39 is 11.7 Å². The first-order valence-electron chi connectivity index (χ1n) is 10.1. The summed E-state index contributed by atoms with van der Waals surface area (Å²) in [4.78, 5) is 30.1. The van der Waals surface area contributed by atoms with Crippen molar-refractivity contribution in [2.24, 2.45) is 7.05 Å². The molecule has 2 N–H and O–H groups in total. The number of nitrogens with zero attached hydrogens (tertiary/aromatic N) is 3. The first kappa shape index (κ1) is 21.9. The Morgan fingerprint density at radius 1 is 1.00 bits per heavy atom. The Bertz CT molecular complexity index is 1400. The van der Waals surface area contributed by atoms with Crippen LogP contribution in [0.3, 0.4) is 0 Å². The topological polar surface area (TPSA) is 98.1 Å². The van der Waals surface area contributed by atoms with Gasteiger partial charge in [0.25, 0.3) is 11.8 Å². The van der Waals surface area contributed by atoms with Crippen molar-refractivity contribution >= 4 is 34.2 Å². The van der Waals surface area contributed by atoms with Crippen molar-refractivity contribution in [3.8, 4) is 5.75 Å². The second-order valence-corrected chi connectivity index (χ2v) is 7.54. The molecular formula is C24H22FN5O3. The van der Waals surface area contributed by atoms with Crippen LogP contribution in [0.5, 0.6) is 5.75 Å². The standard InChI is InChI=1S/C24H22FN5O3/c1-13-19(12-18-14(2)29-30(3)22(18)26-13)24(32)27-17-8-9-21(33-4)20(11-17)28-23(31)15-6-5-7-16(25)10-15/h5-12H,1-4H3,(H,27,32)(H,28,31). The lowest BCUT2D eigenvalue weighted by atomic mass is 10.1. The van der Waals surface area contributed by atoms with Crippen molar-refractivity contribution in [1.82, 2.24) is 14.8 Å². The highest BCUT2D eigenvalue weighted by Crippen LogP contribution is 2.29. The van der Waals surface area contributed by atoms with Gasteiger partial charge in [-0.15, -0.1) is 0 Å². The van der Waals surface area contributed by atoms with E-state index in [1.165, 1.54) is 25.3 Å². The molecule has 0 aliphatic heterocycles. The predicted molar refractivity (Wildman–Crippen MR) is 123 cm³/mol. The SMILES string of the molecule is COc1ccc(NC(=O)c2cc3c(C)nn(C)c3nc2C)cc1NC(=O)c1cccc(F)c1. The van der Waals surface area contributed by atoms with E-state index in [-0.39, 0.29) is 11.5 Å². The third-order valence-corrected chi connectivity index (χ3v) is 5.23. The van der Waals surface area contributed by atoms with Crippen LogP contribution in [0.4, 0.5) is 15.8 Å². The number of rotatable bonds is 5. The zero-order valence-electron chi connectivity index (χ0n) is 18.6. The van der Waals surface area contributed by atoms with Crippen LogP contribution in [-0.2, 0) is 7.05 Å². The Labute approximate surface area is 189 Å². The molecule has 2 aromatic heterocycles. The number of carbonyl (C=O) groups excluding carboxylic acids is 2. The van der Waals surface area contributed by atoms with E-state index >= 15 is 0 Å². The summed E-state index contributed by atoms with van der Waals surface area (Å²) in [6.45, 7) is 3.62. The third-order valence-electron chi connectivity index (χ3n) is 5.23. The van der Waals surface area contributed by atoms with Gasteiger partial charge in [-0.25, -0.2) is 9.37 Å². The molecule has 0 unspecified atom stereocenters. The molecule has 2 heterocycles. The molecule has 2 aromatic carbocycles. The molecule has 33 heavy (non-hydrogen) atoms. The number of amides is 2. The average molecular weight is 447 g/mol. The van der Waals surface area contributed by atoms with Gasteiger partial charge in [0.2, 0.25) is 0 Å². The molecular weight excluding hydrogens is 425 g/mol. The van der Waals surface area contributed by atoms with E-state index in [0.29, 0.717) is 34.0 Å². The number of anilines is 2. The summed E-state index contributed by atoms with van der Waals surface area (Å²) in [5, 5.41) is 10.7. The van der Waals surface area contributed by atoms with Crippen LogP contribution in [0, 0.1) is 19.7 Å². The molecule has 0 radical (unpaired) electrons. The van der Waals surface area contributed by atoms with Crippen molar-refractivity contribution < 1.29 is 18.7 Å². The zero-order chi connectivity index (χ0) is 23.7. The van der Waals surface area contributed by atoms with Crippen LogP contribution in [0.2, 0.25) is 0 Å². The second-order valence-electron chi connectivity index (χ2n) is 7.54. The fourth-order valence-electron chi connectivity index (χ4n) is 3.57. The van der Waals surface area contributed by atoms with Crippen molar-refractivity contribution in [3.05, 3.63) is 76.9 Å². The normalized spacial score (nSPS) is 10.8. The first-order valence-corrected chi connectivity index (χ1v) is 10.1. The van der Waals surface area contributed by atoms with E-state index in [1.54, 1.807) is 42.9 Å². The van der Waals surface area contributed by atoms with E-state index in [0.717, 1.165) is 17.1 Å². The number of hydrogen-bond donors (Lipinski definition) is 2. The summed E-state index contributed by atoms with van der Waals surface area (Å²) in [5.74, 6) is -0.977. The summed E-state index contributed by atoms with van der Waals surface area (Å²) in [6.07, 6.45) is 0. The number of ether oxygens (including phenoxy) is 1. The fraction of sp³-hybridized carbons (Fsp3) is 0.167. The number of halogens is 1. The molecule has 0 spiro atoms. The number of hydrogen-bond acceptors (Lipinski definition) is 5. The Morgan fingerprint density at radius 3 is 2.52 bits per heavy atom. The zero-order valence-corrected chi connectivity index (χ0v) is 18.6. The van der Waals surface area contributed by atoms with Crippen LogP contribution >= 0.6 is 0 Å². The smallest absolute Gasteiger partial charge is 0.257 e. The molecule has 4 rings (SSSR count). The summed E-state index contributed by atoms with van der Waals surface area (Å²) in [7, 11) is 3.27. The van der Waals surface area contributed by atoms with Gasteiger partial charge in [-0.2, -0.15) is 5.10 Å². The minimum absolute atomic E-state index is 0.160. The molecule has 2 amide bonds. The third kappa shape index (κ3) is 4.38. The molecule has 0 aliphatic rings. The van der Waals surface area contributed by atoms with Gasteiger partial charge in [0.1, 0.15) is 11.6 Å². The minimum atomic E-state index is -0.513. The maximum Gasteiger partial charge on any atom is 0.257 e. The maximum atomic E-state index is 13.5. The number of benzene rings is 2. The van der Waals surface area contributed by atoms with Crippen LogP contribution in [0.25, 0.3) is 11.0 Å². The molecule has 0 saturated heterocycles. The second kappa shape index (κ2) is 8.70. The van der Waals surface area contributed by atoms with Crippen molar-refractivity contribution in [2.45, 2.75) is 13.8 Å². The number of fused-ring (bicyclic) bond motifs is 1. The van der Waals surface area contributed by atoms with Gasteiger partial charge in [-0.05, 0) is 56.3 Å². The Balaban J connectivity index is 1.60. The number of aromatic nitrogens is 3. The molecule has 0 atom stereocenters. The number of pyridine rings is 1. The lowest BCUT2D eigenvalue weighted by molar-refractivity contribution is 0.101. The van der Waals surface area contributed by atoms with Gasteiger partial charge < -0.3 is 15.4 Å². The quantitative estimate of drug-likeness (QED) is 0.477. The van der Waals surface area contributed by atoms with Crippen LogP contribution < -0.4 is 15.4 Å². The Kier molecular flexibility index (Phi) is 5.78. The fourth-order valence-corrected chi connectivity index (χ4v) is 3.57. The minimum Gasteiger partial charge on any atom is -0.495 e. The molecule has 0 bridgehead atoms. The number of carbonyl (C=O) groups is 2. The molecule has 168 valence electrons. The lowest BCUT2D eigenvalue weighted by Crippen LogP contribution is -2.16. The molecule has 0 fully saturated rings. The number of aryl methyl sites for hydroxylation is 3. The maximum absolute atomic E-state index is 13.5. The van der Waals surface area contributed by atoms with Crippen molar-refractivity contribution in [3.63, 3.8) is 0 Å². The van der Waals surface area contributed by atoms with Gasteiger partial charge in [-0.1, -0.05) is 6.07 Å². The van der Waals surface area contributed by atoms with Crippen LogP contribution in [0.1, 0.15) is 32.1 Å². The average Bonchev–Trinajstić information content (AvgIpc) is 3.05. The number of nitrogens with one attached hydrogen (secondary N) is 2. The summed E-state index contributed by atoms with van der Waals surface area (Å²) in [5.41, 5.74) is 3.40. The Hall–Kier alpha value is -4.27. The van der Waals surface area contributed by atoms with Gasteiger partial charge in [0.05, 0.1) is 29.7 Å². The van der Waals surface area contributed by atoms with Crippen LogP contribution in [0.15, 0.2) is 48.5 Å².